The molecule has 4 aliphatic rings. The number of allylic oxidation sites excluding steroid dienone is 1. The van der Waals surface area contributed by atoms with Gasteiger partial charge in [-0.05, 0) is 130 Å². The Morgan fingerprint density at radius 3 is 1.90 bits per heavy atom. The predicted molar refractivity (Wildman–Crippen MR) is 199 cm³/mol. The summed E-state index contributed by atoms with van der Waals surface area (Å²) in [5.74, 6) is 5.13. The van der Waals surface area contributed by atoms with Crippen molar-refractivity contribution in [1.29, 1.82) is 0 Å². The zero-order valence-electron chi connectivity index (χ0n) is 29.7. The quantitative estimate of drug-likeness (QED) is 0.166. The monoisotopic (exact) mass is 681 g/mol. The number of para-hydroxylation sites is 1. The molecule has 3 fully saturated rings. The third-order valence-corrected chi connectivity index (χ3v) is 14.0. The summed E-state index contributed by atoms with van der Waals surface area (Å²) in [4.78, 5) is 31.9. The lowest BCUT2D eigenvalue weighted by atomic mass is 9.69. The Kier molecular flexibility index (Phi) is 11.2. The number of carbonyl (C=O) groups is 2. The van der Waals surface area contributed by atoms with E-state index in [0.717, 1.165) is 101 Å². The number of benzene rings is 2. The molecule has 1 atom stereocenters. The molecule has 0 unspecified atom stereocenters. The first-order chi connectivity index (χ1) is 23.9. The maximum absolute atomic E-state index is 13.5. The van der Waals surface area contributed by atoms with Crippen LogP contribution in [0.2, 0.25) is 0 Å². The molecule has 3 aromatic rings. The molecule has 1 heterocycles. The third kappa shape index (κ3) is 8.32. The molecule has 0 radical (unpaired) electrons. The predicted octanol–water partition coefficient (Wildman–Crippen LogP) is 11.7. The van der Waals surface area contributed by atoms with Crippen LogP contribution in [0.5, 0.6) is 11.5 Å². The smallest absolute Gasteiger partial charge is 0.339 e. The molecule has 0 amide bonds. The van der Waals surface area contributed by atoms with Crippen LogP contribution in [0.25, 0.3) is 20.8 Å². The lowest BCUT2D eigenvalue weighted by Gasteiger charge is -2.37. The minimum Gasteiger partial charge on any atom is -0.426 e. The third-order valence-electron chi connectivity index (χ3n) is 12.9. The van der Waals surface area contributed by atoms with Gasteiger partial charge < -0.3 is 9.47 Å². The Hall–Kier alpha value is -2.99. The highest BCUT2D eigenvalue weighted by Crippen LogP contribution is 2.44. The highest BCUT2D eigenvalue weighted by Gasteiger charge is 2.34. The molecule has 7 rings (SSSR count). The maximum atomic E-state index is 13.5. The van der Waals surface area contributed by atoms with Crippen LogP contribution in [0.15, 0.2) is 54.1 Å². The largest absolute Gasteiger partial charge is 0.426 e. The van der Waals surface area contributed by atoms with Crippen molar-refractivity contribution in [2.75, 3.05) is 0 Å². The van der Waals surface area contributed by atoms with E-state index in [-0.39, 0.29) is 17.9 Å². The van der Waals surface area contributed by atoms with Gasteiger partial charge in [-0.2, -0.15) is 0 Å². The lowest BCUT2D eigenvalue weighted by Crippen LogP contribution is -2.30. The minimum atomic E-state index is -0.293. The van der Waals surface area contributed by atoms with Gasteiger partial charge in [0.2, 0.25) is 0 Å². The van der Waals surface area contributed by atoms with E-state index in [1.165, 1.54) is 64.2 Å². The van der Waals surface area contributed by atoms with Gasteiger partial charge in [-0.25, -0.2) is 9.78 Å². The molecule has 2 aromatic carbocycles. The first-order valence-electron chi connectivity index (χ1n) is 19.6. The topological polar surface area (TPSA) is 65.5 Å². The van der Waals surface area contributed by atoms with Crippen LogP contribution in [0.4, 0.5) is 0 Å². The molecule has 0 aliphatic heterocycles. The first kappa shape index (κ1) is 34.5. The Labute approximate surface area is 297 Å². The van der Waals surface area contributed by atoms with E-state index in [1.54, 1.807) is 17.4 Å². The van der Waals surface area contributed by atoms with Crippen molar-refractivity contribution >= 4 is 33.5 Å². The Balaban J connectivity index is 1.02. The van der Waals surface area contributed by atoms with Crippen LogP contribution in [0, 0.1) is 41.4 Å². The Morgan fingerprint density at radius 2 is 1.31 bits per heavy atom. The molecular formula is C43H55NO4S. The van der Waals surface area contributed by atoms with Crippen molar-refractivity contribution in [1.82, 2.24) is 4.98 Å². The number of carbonyl (C=O) groups excluding carboxylic acids is 2. The van der Waals surface area contributed by atoms with Crippen LogP contribution in [0.3, 0.4) is 0 Å². The highest BCUT2D eigenvalue weighted by molar-refractivity contribution is 7.21. The summed E-state index contributed by atoms with van der Waals surface area (Å²) in [6.45, 7) is 4.64. The summed E-state index contributed by atoms with van der Waals surface area (Å²) in [7, 11) is 0. The fourth-order valence-corrected chi connectivity index (χ4v) is 10.6. The number of esters is 2. The van der Waals surface area contributed by atoms with Crippen LogP contribution >= 0.6 is 11.3 Å². The van der Waals surface area contributed by atoms with Gasteiger partial charge in [0.05, 0.1) is 16.1 Å². The number of thiazole rings is 1. The average Bonchev–Trinajstić information content (AvgIpc) is 3.60. The van der Waals surface area contributed by atoms with Crippen LogP contribution in [-0.2, 0) is 9.59 Å². The second-order valence-corrected chi connectivity index (χ2v) is 16.8. The lowest BCUT2D eigenvalue weighted by molar-refractivity contribution is -0.140. The molecule has 1 aromatic heterocycles. The van der Waals surface area contributed by atoms with E-state index in [0.29, 0.717) is 17.4 Å². The van der Waals surface area contributed by atoms with E-state index in [4.69, 9.17) is 14.5 Å². The van der Waals surface area contributed by atoms with E-state index in [1.807, 2.05) is 30.3 Å². The summed E-state index contributed by atoms with van der Waals surface area (Å²) in [6, 6.07) is 13.5. The van der Waals surface area contributed by atoms with Gasteiger partial charge in [-0.3, -0.25) is 4.79 Å². The van der Waals surface area contributed by atoms with Gasteiger partial charge in [0.15, 0.2) is 0 Å². The Bertz CT molecular complexity index is 1580. The number of rotatable bonds is 9. The average molecular weight is 682 g/mol. The fraction of sp³-hybridized carbons (Fsp3) is 0.605. The summed E-state index contributed by atoms with van der Waals surface area (Å²) in [6.07, 6.45) is 22.4. The SMILES string of the molecule is CCC1CCC(C2CCC(C(=O)Oc3cc(OC(=O)C4=CC[C@@H](C5CCC(CC)CC5)CC4)cc(-c4nc5ccccc5s4)c3)CC2)CC1. The van der Waals surface area contributed by atoms with Gasteiger partial charge in [-0.15, -0.1) is 11.3 Å². The Morgan fingerprint density at radius 1 is 0.714 bits per heavy atom. The van der Waals surface area contributed by atoms with Crippen molar-refractivity contribution in [3.05, 3.63) is 54.1 Å². The van der Waals surface area contributed by atoms with Crippen molar-refractivity contribution in [3.8, 4) is 22.1 Å². The van der Waals surface area contributed by atoms with Crippen molar-refractivity contribution in [3.63, 3.8) is 0 Å². The number of hydrogen-bond acceptors (Lipinski definition) is 6. The van der Waals surface area contributed by atoms with Crippen molar-refractivity contribution in [2.24, 2.45) is 41.4 Å². The van der Waals surface area contributed by atoms with Crippen LogP contribution in [0.1, 0.15) is 123 Å². The van der Waals surface area contributed by atoms with Gasteiger partial charge in [0.1, 0.15) is 16.5 Å². The van der Waals surface area contributed by atoms with Gasteiger partial charge in [-0.1, -0.05) is 70.6 Å². The van der Waals surface area contributed by atoms with E-state index in [9.17, 15) is 9.59 Å². The second-order valence-electron chi connectivity index (χ2n) is 15.7. The van der Waals surface area contributed by atoms with Gasteiger partial charge >= 0.3 is 11.9 Å². The zero-order chi connectivity index (χ0) is 33.7. The second kappa shape index (κ2) is 15.9. The molecule has 0 bridgehead atoms. The summed E-state index contributed by atoms with van der Waals surface area (Å²) >= 11 is 1.59. The molecule has 49 heavy (non-hydrogen) atoms. The number of fused-ring (bicyclic) bond motifs is 1. The minimum absolute atomic E-state index is 0.0855. The van der Waals surface area contributed by atoms with Crippen molar-refractivity contribution in [2.45, 2.75) is 123 Å². The van der Waals surface area contributed by atoms with Crippen molar-refractivity contribution < 1.29 is 19.1 Å². The highest BCUT2D eigenvalue weighted by atomic mass is 32.1. The zero-order valence-corrected chi connectivity index (χ0v) is 30.5. The molecule has 0 N–H and O–H groups in total. The van der Waals surface area contributed by atoms with Gasteiger partial charge in [0, 0.05) is 17.2 Å². The maximum Gasteiger partial charge on any atom is 0.339 e. The standard InChI is InChI=1S/C43H55NO4S/c1-3-28-9-13-30(14-10-28)32-17-21-34(22-18-32)42(45)47-37-25-36(41-44-39-7-5-6-8-40(39)49-41)26-38(27-37)48-43(46)35-23-19-33(20-24-35)31-15-11-29(4-2)12-16-31/h5-8,21,25-33,35H,3-4,9-20,22-24H2,1-2H3/t28?,29?,30?,31?,32-,33?,35?/m1/s1. The molecule has 4 aliphatic carbocycles. The number of hydrogen-bond donors (Lipinski definition) is 0. The molecule has 262 valence electrons. The summed E-state index contributed by atoms with van der Waals surface area (Å²) in [5, 5.41) is 0.812. The van der Waals surface area contributed by atoms with Crippen LogP contribution < -0.4 is 9.47 Å². The molecule has 0 saturated heterocycles. The molecule has 0 spiro atoms. The molecule has 3 saturated carbocycles. The number of ether oxygens (including phenoxy) is 2. The van der Waals surface area contributed by atoms with E-state index < -0.39 is 0 Å². The fourth-order valence-electron chi connectivity index (χ4n) is 9.61. The molecule has 5 nitrogen and oxygen atoms in total. The van der Waals surface area contributed by atoms with Crippen LogP contribution in [-0.4, -0.2) is 16.9 Å². The normalized spacial score (nSPS) is 29.3. The first-order valence-corrected chi connectivity index (χ1v) is 20.4. The van der Waals surface area contributed by atoms with E-state index >= 15 is 0 Å². The number of aromatic nitrogens is 1. The van der Waals surface area contributed by atoms with Gasteiger partial charge in [0.25, 0.3) is 0 Å². The summed E-state index contributed by atoms with van der Waals surface area (Å²) < 4.78 is 13.2. The van der Waals surface area contributed by atoms with E-state index in [2.05, 4.69) is 26.0 Å². The molecular weight excluding hydrogens is 627 g/mol. The molecule has 6 heteroatoms. The number of nitrogens with zero attached hydrogens (tertiary/aromatic N) is 1. The summed E-state index contributed by atoms with van der Waals surface area (Å²) in [5.41, 5.74) is 2.48.